The third kappa shape index (κ3) is 1.26. The van der Waals surface area contributed by atoms with E-state index in [0.29, 0.717) is 15.5 Å². The van der Waals surface area contributed by atoms with Gasteiger partial charge in [-0.25, -0.2) is 4.79 Å². The normalized spacial score (nSPS) is 10.9. The minimum absolute atomic E-state index is 0.358. The van der Waals surface area contributed by atoms with Crippen molar-refractivity contribution in [3.05, 3.63) is 37.1 Å². The smallest absolute Gasteiger partial charge is 0.332 e. The molecule has 0 unspecified atom stereocenters. The van der Waals surface area contributed by atoms with Crippen LogP contribution >= 0.6 is 12.2 Å². The lowest BCUT2D eigenvalue weighted by Gasteiger charge is -2.07. The van der Waals surface area contributed by atoms with Gasteiger partial charge in [0.25, 0.3) is 5.56 Å². The Balaban J connectivity index is 3.30. The fraction of sp³-hybridized carbons (Fsp3) is 0.300. The first-order valence-corrected chi connectivity index (χ1v) is 5.14. The van der Waals surface area contributed by atoms with E-state index in [1.54, 1.807) is 13.2 Å². The highest BCUT2D eigenvalue weighted by atomic mass is 32.1. The summed E-state index contributed by atoms with van der Waals surface area (Å²) in [5, 5.41) is 0.389. The summed E-state index contributed by atoms with van der Waals surface area (Å²) in [6.07, 6.45) is 1.70. The largest absolute Gasteiger partial charge is 0.347 e. The van der Waals surface area contributed by atoms with Crippen molar-refractivity contribution < 1.29 is 0 Å². The zero-order valence-corrected chi connectivity index (χ0v) is 10.0. The van der Waals surface area contributed by atoms with Crippen LogP contribution in [0.2, 0.25) is 0 Å². The van der Waals surface area contributed by atoms with Gasteiger partial charge in [0.05, 0.1) is 9.90 Å². The van der Waals surface area contributed by atoms with Crippen molar-refractivity contribution >= 4 is 23.3 Å². The highest BCUT2D eigenvalue weighted by molar-refractivity contribution is 7.71. The van der Waals surface area contributed by atoms with Gasteiger partial charge in [-0.2, -0.15) is 0 Å². The van der Waals surface area contributed by atoms with Gasteiger partial charge in [0.2, 0.25) is 0 Å². The molecule has 0 saturated heterocycles. The Bertz CT molecular complexity index is 751. The monoisotopic (exact) mass is 237 g/mol. The van der Waals surface area contributed by atoms with E-state index in [-0.39, 0.29) is 11.2 Å². The van der Waals surface area contributed by atoms with Crippen LogP contribution in [0.25, 0.3) is 11.0 Å². The van der Waals surface area contributed by atoms with E-state index < -0.39 is 0 Å². The number of aryl methyl sites for hydroxylation is 2. The molecule has 84 valence electrons. The Kier molecular flexibility index (Phi) is 2.31. The summed E-state index contributed by atoms with van der Waals surface area (Å²) < 4.78 is 2.93. The average molecular weight is 237 g/mol. The van der Waals surface area contributed by atoms with Gasteiger partial charge in [0, 0.05) is 20.3 Å². The molecule has 0 aromatic carbocycles. The Hall–Kier alpha value is -1.69. The van der Waals surface area contributed by atoms with Gasteiger partial charge in [-0.3, -0.25) is 13.9 Å². The summed E-state index contributed by atoms with van der Waals surface area (Å²) in [6, 6.07) is 0. The second-order valence-electron chi connectivity index (χ2n) is 3.73. The van der Waals surface area contributed by atoms with Crippen molar-refractivity contribution in [1.82, 2.24) is 14.1 Å². The number of hydrogen-bond donors (Lipinski definition) is 1. The summed E-state index contributed by atoms with van der Waals surface area (Å²) in [7, 11) is 3.05. The van der Waals surface area contributed by atoms with Gasteiger partial charge in [-0.05, 0) is 12.5 Å². The van der Waals surface area contributed by atoms with E-state index in [4.69, 9.17) is 12.2 Å². The van der Waals surface area contributed by atoms with Crippen molar-refractivity contribution in [3.8, 4) is 0 Å². The molecule has 0 fully saturated rings. The summed E-state index contributed by atoms with van der Waals surface area (Å²) in [6.45, 7) is 1.82. The molecule has 6 heteroatoms. The van der Waals surface area contributed by atoms with Crippen molar-refractivity contribution in [1.29, 1.82) is 0 Å². The lowest BCUT2D eigenvalue weighted by atomic mass is 10.2. The minimum atomic E-state index is -0.369. The molecule has 0 spiro atoms. The standard InChI is InChI=1S/C10H11N3O2S/c1-5-4-11-8-6(7(5)16)9(14)13(3)10(15)12(8)2/h4H,1-3H3,(H,11,16). The molecule has 0 atom stereocenters. The molecule has 0 aliphatic heterocycles. The molecule has 1 N–H and O–H groups in total. The van der Waals surface area contributed by atoms with E-state index in [0.717, 1.165) is 10.1 Å². The Morgan fingerprint density at radius 3 is 2.50 bits per heavy atom. The molecular formula is C10H11N3O2S. The second-order valence-corrected chi connectivity index (χ2v) is 4.14. The molecule has 16 heavy (non-hydrogen) atoms. The van der Waals surface area contributed by atoms with Crippen LogP contribution < -0.4 is 11.2 Å². The van der Waals surface area contributed by atoms with Crippen LogP contribution in [0.15, 0.2) is 15.8 Å². The number of aromatic nitrogens is 3. The Labute approximate surface area is 96.0 Å². The highest BCUT2D eigenvalue weighted by Gasteiger charge is 2.10. The number of nitrogens with one attached hydrogen (secondary N) is 1. The Morgan fingerprint density at radius 1 is 1.25 bits per heavy atom. The maximum atomic E-state index is 11.9. The van der Waals surface area contributed by atoms with Crippen LogP contribution in [0.4, 0.5) is 0 Å². The SMILES string of the molecule is Cc1c[nH]c2c(c1=S)c(=O)n(C)c(=O)n2C. The molecule has 2 aromatic rings. The highest BCUT2D eigenvalue weighted by Crippen LogP contribution is 2.09. The molecule has 2 rings (SSSR count). The van der Waals surface area contributed by atoms with Crippen LogP contribution in [-0.2, 0) is 14.1 Å². The predicted octanol–water partition coefficient (Wildman–Crippen LogP) is 0.603. The van der Waals surface area contributed by atoms with E-state index in [2.05, 4.69) is 4.98 Å². The molecule has 5 nitrogen and oxygen atoms in total. The minimum Gasteiger partial charge on any atom is -0.347 e. The van der Waals surface area contributed by atoms with Gasteiger partial charge < -0.3 is 4.98 Å². The average Bonchev–Trinajstić information content (AvgIpc) is 2.27. The maximum absolute atomic E-state index is 11.9. The van der Waals surface area contributed by atoms with Crippen LogP contribution in [0, 0.1) is 11.4 Å². The molecule has 0 radical (unpaired) electrons. The van der Waals surface area contributed by atoms with Gasteiger partial charge in [0.15, 0.2) is 0 Å². The van der Waals surface area contributed by atoms with Crippen LogP contribution in [-0.4, -0.2) is 14.1 Å². The first-order chi connectivity index (χ1) is 7.45. The van der Waals surface area contributed by atoms with E-state index in [9.17, 15) is 9.59 Å². The molecule has 0 aliphatic carbocycles. The molecule has 0 amide bonds. The van der Waals surface area contributed by atoms with Crippen LogP contribution in [0.3, 0.4) is 0 Å². The van der Waals surface area contributed by atoms with Gasteiger partial charge in [-0.1, -0.05) is 12.2 Å². The summed E-state index contributed by atoms with van der Waals surface area (Å²) >= 11 is 5.20. The molecule has 0 saturated carbocycles. The summed E-state index contributed by atoms with van der Waals surface area (Å²) in [5.74, 6) is 0. The van der Waals surface area contributed by atoms with Crippen LogP contribution in [0.5, 0.6) is 0 Å². The van der Waals surface area contributed by atoms with E-state index in [1.165, 1.54) is 11.6 Å². The third-order valence-corrected chi connectivity index (χ3v) is 3.20. The zero-order chi connectivity index (χ0) is 12.0. The number of rotatable bonds is 0. The lowest BCUT2D eigenvalue weighted by molar-refractivity contribution is 0.707. The van der Waals surface area contributed by atoms with E-state index in [1.807, 2.05) is 6.92 Å². The first-order valence-electron chi connectivity index (χ1n) is 4.73. The quantitative estimate of drug-likeness (QED) is 0.683. The van der Waals surface area contributed by atoms with Crippen LogP contribution in [0.1, 0.15) is 5.56 Å². The van der Waals surface area contributed by atoms with Crippen molar-refractivity contribution in [3.63, 3.8) is 0 Å². The molecule has 2 aromatic heterocycles. The number of hydrogen-bond acceptors (Lipinski definition) is 3. The molecule has 0 aliphatic rings. The maximum Gasteiger partial charge on any atom is 0.332 e. The topological polar surface area (TPSA) is 59.8 Å². The third-order valence-electron chi connectivity index (χ3n) is 2.68. The summed E-state index contributed by atoms with van der Waals surface area (Å²) in [4.78, 5) is 26.5. The lowest BCUT2D eigenvalue weighted by Crippen LogP contribution is -2.37. The fourth-order valence-corrected chi connectivity index (χ4v) is 1.90. The number of pyridine rings is 1. The molecular weight excluding hydrogens is 226 g/mol. The van der Waals surface area contributed by atoms with E-state index >= 15 is 0 Å². The number of nitrogens with zero attached hydrogens (tertiary/aromatic N) is 2. The molecule has 0 bridgehead atoms. The first kappa shape index (κ1) is 10.8. The fourth-order valence-electron chi connectivity index (χ4n) is 1.66. The summed E-state index contributed by atoms with van der Waals surface area (Å²) in [5.41, 5.74) is 0.553. The number of H-pyrrole nitrogens is 1. The number of aromatic amines is 1. The molecule has 2 heterocycles. The second kappa shape index (κ2) is 3.41. The van der Waals surface area contributed by atoms with Crippen molar-refractivity contribution in [2.45, 2.75) is 6.92 Å². The van der Waals surface area contributed by atoms with Crippen molar-refractivity contribution in [2.75, 3.05) is 0 Å². The zero-order valence-electron chi connectivity index (χ0n) is 9.20. The number of fused-ring (bicyclic) bond motifs is 1. The van der Waals surface area contributed by atoms with Gasteiger partial charge >= 0.3 is 5.69 Å². The predicted molar refractivity (Wildman–Crippen MR) is 64.4 cm³/mol. The Morgan fingerprint density at radius 2 is 1.88 bits per heavy atom. The van der Waals surface area contributed by atoms with Gasteiger partial charge in [0.1, 0.15) is 5.65 Å². The van der Waals surface area contributed by atoms with Crippen molar-refractivity contribution in [2.24, 2.45) is 14.1 Å². The van der Waals surface area contributed by atoms with Gasteiger partial charge in [-0.15, -0.1) is 0 Å².